The predicted octanol–water partition coefficient (Wildman–Crippen LogP) is 4.53. The monoisotopic (exact) mass is 358 g/mol. The normalized spacial score (nSPS) is 13.7. The third-order valence-electron chi connectivity index (χ3n) is 4.14. The second-order valence-corrected chi connectivity index (χ2v) is 5.94. The molecule has 1 heterocycles. The number of anilines is 1. The van der Waals surface area contributed by atoms with Gasteiger partial charge in [0, 0.05) is 34.9 Å². The Balaban J connectivity index is 1.76. The van der Waals surface area contributed by atoms with E-state index in [1.807, 2.05) is 70.4 Å². The van der Waals surface area contributed by atoms with Crippen LogP contribution < -0.4 is 5.01 Å². The van der Waals surface area contributed by atoms with Crippen LogP contribution in [0, 0.1) is 10.1 Å². The van der Waals surface area contributed by atoms with E-state index < -0.39 is 4.92 Å². The number of nitro groups is 1. The fourth-order valence-corrected chi connectivity index (χ4v) is 2.77. The van der Waals surface area contributed by atoms with Crippen LogP contribution in [-0.4, -0.2) is 22.1 Å². The van der Waals surface area contributed by atoms with Crippen LogP contribution in [0.15, 0.2) is 95.1 Å². The lowest BCUT2D eigenvalue weighted by Gasteiger charge is -2.20. The molecule has 0 N–H and O–H groups in total. The molecule has 4 rings (SSSR count). The van der Waals surface area contributed by atoms with E-state index >= 15 is 0 Å². The first-order valence-corrected chi connectivity index (χ1v) is 8.41. The molecule has 27 heavy (non-hydrogen) atoms. The number of hydrazone groups is 1. The van der Waals surface area contributed by atoms with E-state index in [9.17, 15) is 10.1 Å². The summed E-state index contributed by atoms with van der Waals surface area (Å²) in [5.41, 5.74) is 2.62. The number of hydrogen-bond donors (Lipinski definition) is 0. The number of para-hydroxylation sites is 2. The van der Waals surface area contributed by atoms with Gasteiger partial charge in [-0.3, -0.25) is 10.1 Å². The first kappa shape index (κ1) is 16.6. The summed E-state index contributed by atoms with van der Waals surface area (Å²) < 4.78 is 1.86. The summed E-state index contributed by atoms with van der Waals surface area (Å²) in [7, 11) is 0. The van der Waals surface area contributed by atoms with Crippen molar-refractivity contribution in [2.45, 2.75) is 0 Å². The number of hydrogen-bond acceptors (Lipinski definition) is 5. The van der Waals surface area contributed by atoms with E-state index in [0.717, 1.165) is 11.4 Å². The molecule has 0 saturated heterocycles. The Kier molecular flexibility index (Phi) is 4.40. The molecule has 0 saturated carbocycles. The molecule has 0 bridgehead atoms. The molecule has 3 aromatic carbocycles. The van der Waals surface area contributed by atoms with Crippen LogP contribution >= 0.6 is 0 Å². The van der Waals surface area contributed by atoms with Crippen molar-refractivity contribution in [2.24, 2.45) is 10.2 Å². The van der Waals surface area contributed by atoms with Crippen molar-refractivity contribution in [1.29, 1.82) is 0 Å². The van der Waals surface area contributed by atoms with Gasteiger partial charge in [0.2, 0.25) is 11.5 Å². The molecule has 0 radical (unpaired) electrons. The van der Waals surface area contributed by atoms with Gasteiger partial charge < -0.3 is 0 Å². The molecule has 0 spiro atoms. The number of non-ortho nitro benzene ring substituents is 1. The lowest BCUT2D eigenvalue weighted by Crippen LogP contribution is -2.31. The standard InChI is InChI=1S/C20H16N5O2/c26-25(27)19-13-11-16(12-14-19)20-21-23(17-7-3-1-4-8-17)15-24(22-20)18-9-5-2-6-10-18/h1-14H,15H2/q+1. The van der Waals surface area contributed by atoms with E-state index in [0.29, 0.717) is 18.1 Å². The third-order valence-corrected chi connectivity index (χ3v) is 4.14. The number of benzene rings is 3. The lowest BCUT2D eigenvalue weighted by molar-refractivity contribution is -0.508. The molecule has 1 aliphatic heterocycles. The zero-order chi connectivity index (χ0) is 18.6. The van der Waals surface area contributed by atoms with Gasteiger partial charge in [0.05, 0.1) is 10.6 Å². The maximum atomic E-state index is 10.9. The minimum absolute atomic E-state index is 0.0370. The molecule has 0 aromatic heterocycles. The summed E-state index contributed by atoms with van der Waals surface area (Å²) in [5.74, 6) is 0.490. The Morgan fingerprint density at radius 1 is 0.889 bits per heavy atom. The topological polar surface area (TPSA) is 74.1 Å². The zero-order valence-corrected chi connectivity index (χ0v) is 14.3. The summed E-state index contributed by atoms with van der Waals surface area (Å²) in [4.78, 5) is 10.5. The largest absolute Gasteiger partial charge is 0.269 e. The summed E-state index contributed by atoms with van der Waals surface area (Å²) >= 11 is 0. The van der Waals surface area contributed by atoms with Crippen molar-refractivity contribution in [3.05, 3.63) is 101 Å². The molecule has 0 amide bonds. The quantitative estimate of drug-likeness (QED) is 0.391. The van der Waals surface area contributed by atoms with E-state index in [4.69, 9.17) is 0 Å². The Morgan fingerprint density at radius 2 is 1.52 bits per heavy atom. The van der Waals surface area contributed by atoms with Gasteiger partial charge in [-0.15, -0.1) is 5.10 Å². The van der Waals surface area contributed by atoms with Crippen molar-refractivity contribution in [1.82, 2.24) is 0 Å². The molecule has 0 aliphatic carbocycles. The Labute approximate surface area is 155 Å². The van der Waals surface area contributed by atoms with Gasteiger partial charge >= 0.3 is 0 Å². The number of nitro benzene ring substituents is 1. The van der Waals surface area contributed by atoms with Crippen molar-refractivity contribution < 1.29 is 9.62 Å². The van der Waals surface area contributed by atoms with Crippen molar-refractivity contribution >= 4 is 22.9 Å². The van der Waals surface area contributed by atoms with Crippen LogP contribution in [0.3, 0.4) is 0 Å². The molecular weight excluding hydrogens is 342 g/mol. The van der Waals surface area contributed by atoms with Crippen molar-refractivity contribution in [2.75, 3.05) is 11.7 Å². The summed E-state index contributed by atoms with van der Waals surface area (Å²) in [5, 5.41) is 22.0. The van der Waals surface area contributed by atoms with E-state index in [1.54, 1.807) is 12.1 Å². The van der Waals surface area contributed by atoms with Crippen LogP contribution in [0.1, 0.15) is 5.56 Å². The van der Waals surface area contributed by atoms with E-state index in [2.05, 4.69) is 10.2 Å². The fraction of sp³-hybridized carbons (Fsp3) is 0.0500. The molecular formula is C20H16N5O2+. The van der Waals surface area contributed by atoms with Crippen LogP contribution in [0.4, 0.5) is 17.1 Å². The van der Waals surface area contributed by atoms with Gasteiger partial charge in [-0.2, -0.15) is 0 Å². The Morgan fingerprint density at radius 3 is 2.15 bits per heavy atom. The van der Waals surface area contributed by atoms with Crippen molar-refractivity contribution in [3.8, 4) is 0 Å². The second-order valence-electron chi connectivity index (χ2n) is 5.94. The molecule has 0 atom stereocenters. The van der Waals surface area contributed by atoms with Gasteiger partial charge in [0.25, 0.3) is 12.4 Å². The van der Waals surface area contributed by atoms with Crippen LogP contribution in [0.5, 0.6) is 0 Å². The van der Waals surface area contributed by atoms with E-state index in [1.165, 1.54) is 12.1 Å². The average molecular weight is 358 g/mol. The highest BCUT2D eigenvalue weighted by Crippen LogP contribution is 2.23. The van der Waals surface area contributed by atoms with Gasteiger partial charge in [0.1, 0.15) is 0 Å². The van der Waals surface area contributed by atoms with Gasteiger partial charge in [-0.25, -0.2) is 5.01 Å². The number of rotatable bonds is 4. The molecule has 7 nitrogen and oxygen atoms in total. The maximum absolute atomic E-state index is 10.9. The van der Waals surface area contributed by atoms with Crippen LogP contribution in [0.2, 0.25) is 0 Å². The molecule has 132 valence electrons. The fourth-order valence-electron chi connectivity index (χ4n) is 2.77. The van der Waals surface area contributed by atoms with Crippen LogP contribution in [-0.2, 0) is 0 Å². The smallest absolute Gasteiger partial charge is 0.258 e. The summed E-state index contributed by atoms with van der Waals surface area (Å²) in [6.07, 6.45) is 0. The summed E-state index contributed by atoms with van der Waals surface area (Å²) in [6.45, 7) is 0.463. The zero-order valence-electron chi connectivity index (χ0n) is 14.3. The molecule has 7 heteroatoms. The average Bonchev–Trinajstić information content (AvgIpc) is 2.75. The number of nitrogens with zero attached hydrogens (tertiary/aromatic N) is 5. The highest BCUT2D eigenvalue weighted by atomic mass is 16.6. The highest BCUT2D eigenvalue weighted by Gasteiger charge is 2.25. The van der Waals surface area contributed by atoms with Gasteiger partial charge in [-0.1, -0.05) is 41.1 Å². The molecule has 3 aromatic rings. The molecule has 0 fully saturated rings. The van der Waals surface area contributed by atoms with E-state index in [-0.39, 0.29) is 5.69 Å². The number of azo groups is 2. The Bertz CT molecular complexity index is 1020. The van der Waals surface area contributed by atoms with Crippen molar-refractivity contribution in [3.63, 3.8) is 0 Å². The first-order valence-electron chi connectivity index (χ1n) is 8.41. The second kappa shape index (κ2) is 7.17. The van der Waals surface area contributed by atoms with Crippen LogP contribution in [0.25, 0.3) is 0 Å². The minimum Gasteiger partial charge on any atom is -0.258 e. The first-order chi connectivity index (χ1) is 13.2. The molecule has 1 aliphatic rings. The predicted molar refractivity (Wildman–Crippen MR) is 102 cm³/mol. The number of amidine groups is 1. The maximum Gasteiger partial charge on any atom is 0.269 e. The minimum atomic E-state index is -0.420. The third kappa shape index (κ3) is 3.57. The Hall–Kier alpha value is -3.87. The lowest BCUT2D eigenvalue weighted by atomic mass is 10.2. The summed E-state index contributed by atoms with van der Waals surface area (Å²) in [6, 6.07) is 25.9. The van der Waals surface area contributed by atoms with Gasteiger partial charge in [0.15, 0.2) is 0 Å². The van der Waals surface area contributed by atoms with Gasteiger partial charge in [-0.05, 0) is 24.3 Å². The highest BCUT2D eigenvalue weighted by molar-refractivity contribution is 5.99. The molecule has 0 unspecified atom stereocenters. The SMILES string of the molecule is O=[N+]([O-])c1ccc(C2=NN(c3ccccc3)C[N+](c3ccccc3)=N2)cc1.